The van der Waals surface area contributed by atoms with Crippen LogP contribution < -0.4 is 5.43 Å². The van der Waals surface area contributed by atoms with E-state index in [1.54, 1.807) is 4.22 Å². The van der Waals surface area contributed by atoms with Crippen LogP contribution in [0.15, 0.2) is 5.10 Å². The Morgan fingerprint density at radius 2 is 2.57 bits per heavy atom. The minimum atomic E-state index is 0.827. The Bertz CT molecular complexity index is 56.9. The van der Waals surface area contributed by atoms with Crippen LogP contribution in [0.5, 0.6) is 0 Å². The Kier molecular flexibility index (Phi) is 7.06. The molecule has 0 unspecified atom stereocenters. The fourth-order valence-electron chi connectivity index (χ4n) is 0.149. The average molecular weight is 230 g/mol. The summed E-state index contributed by atoms with van der Waals surface area (Å²) >= 11 is 6.00. The summed E-state index contributed by atoms with van der Waals surface area (Å²) in [5.74, 6) is 0.827. The van der Waals surface area contributed by atoms with Gasteiger partial charge in [-0.2, -0.15) is 17.7 Å². The van der Waals surface area contributed by atoms with Gasteiger partial charge in [0.15, 0.2) is 0 Å². The summed E-state index contributed by atoms with van der Waals surface area (Å²) in [6, 6.07) is 0. The zero-order valence-electron chi connectivity index (χ0n) is 3.76. The number of halogens is 1. The third-order valence-corrected chi connectivity index (χ3v) is 0.866. The molecule has 0 spiro atoms. The van der Waals surface area contributed by atoms with Gasteiger partial charge in [0, 0.05) is 12.3 Å². The largest absolute Gasteiger partial charge is 0.309 e. The van der Waals surface area contributed by atoms with Crippen LogP contribution >= 0.6 is 35.2 Å². The second-order valence-corrected chi connectivity index (χ2v) is 1.86. The van der Waals surface area contributed by atoms with Crippen molar-refractivity contribution in [3.8, 4) is 0 Å². The first-order chi connectivity index (χ1) is 3.41. The van der Waals surface area contributed by atoms with Gasteiger partial charge in [-0.15, -0.1) is 0 Å². The van der Waals surface area contributed by atoms with Crippen molar-refractivity contribution >= 4 is 39.4 Å². The predicted molar refractivity (Wildman–Crippen MR) is 44.4 cm³/mol. The zero-order valence-corrected chi connectivity index (χ0v) is 6.82. The molecule has 0 amide bonds. The summed E-state index contributed by atoms with van der Waals surface area (Å²) in [6.07, 6.45) is 0. The smallest absolute Gasteiger partial charge is 0.0850 e. The second-order valence-electron chi connectivity index (χ2n) is 0.858. The first-order valence-electron chi connectivity index (χ1n) is 1.87. The van der Waals surface area contributed by atoms with Crippen molar-refractivity contribution in [1.29, 1.82) is 0 Å². The van der Waals surface area contributed by atoms with Crippen molar-refractivity contribution < 1.29 is 0 Å². The van der Waals surface area contributed by atoms with Gasteiger partial charge in [-0.05, 0) is 22.6 Å². The molecule has 0 fully saturated rings. The number of thiol groups is 1. The number of hydrazone groups is 1. The molecule has 4 heteroatoms. The molecule has 0 saturated carbocycles. The first-order valence-corrected chi connectivity index (χ1v) is 3.75. The van der Waals surface area contributed by atoms with Crippen LogP contribution in [0.2, 0.25) is 0 Å². The molecule has 0 rings (SSSR count). The van der Waals surface area contributed by atoms with Crippen LogP contribution in [0.4, 0.5) is 0 Å². The number of hydrogen-bond acceptors (Lipinski definition) is 3. The fraction of sp³-hybridized carbons (Fsp3) is 0.667. The molecule has 0 aliphatic heterocycles. The molecular weight excluding hydrogens is 223 g/mol. The monoisotopic (exact) mass is 230 g/mol. The highest BCUT2D eigenvalue weighted by Crippen LogP contribution is 1.70. The molecule has 0 aliphatic rings. The maximum Gasteiger partial charge on any atom is 0.0850 e. The lowest BCUT2D eigenvalue weighted by Crippen LogP contribution is -2.07. The minimum absolute atomic E-state index is 0.827. The Morgan fingerprint density at radius 1 is 1.86 bits per heavy atom. The molecule has 0 heterocycles. The van der Waals surface area contributed by atoms with E-state index in [9.17, 15) is 0 Å². The molecule has 0 aromatic rings. The van der Waals surface area contributed by atoms with E-state index in [4.69, 9.17) is 0 Å². The third kappa shape index (κ3) is 6.55. The molecule has 7 heavy (non-hydrogen) atoms. The summed E-state index contributed by atoms with van der Waals surface area (Å²) in [7, 11) is 0. The fourth-order valence-corrected chi connectivity index (χ4v) is 0.446. The Labute approximate surface area is 62.3 Å². The predicted octanol–water partition coefficient (Wildman–Crippen LogP) is 0.884. The van der Waals surface area contributed by atoms with Gasteiger partial charge in [-0.1, -0.05) is 0 Å². The maximum absolute atomic E-state index is 3.95. The Hall–Kier alpha value is 0.550. The zero-order chi connectivity index (χ0) is 5.54. The SMILES string of the molecule is SCCN/N=C\I. The summed E-state index contributed by atoms with van der Waals surface area (Å²) < 4.78 is 1.68. The molecule has 0 saturated heterocycles. The Balaban J connectivity index is 2.69. The van der Waals surface area contributed by atoms with Crippen molar-refractivity contribution in [2.75, 3.05) is 12.3 Å². The molecule has 0 bridgehead atoms. The van der Waals surface area contributed by atoms with Crippen molar-refractivity contribution in [2.45, 2.75) is 0 Å². The van der Waals surface area contributed by atoms with Gasteiger partial charge in [0.25, 0.3) is 0 Å². The van der Waals surface area contributed by atoms with E-state index >= 15 is 0 Å². The highest BCUT2D eigenvalue weighted by atomic mass is 127. The number of hydrogen-bond donors (Lipinski definition) is 2. The maximum atomic E-state index is 3.95. The van der Waals surface area contributed by atoms with Crippen molar-refractivity contribution in [3.63, 3.8) is 0 Å². The summed E-state index contributed by atoms with van der Waals surface area (Å²) in [5, 5.41) is 3.72. The van der Waals surface area contributed by atoms with Crippen molar-refractivity contribution in [3.05, 3.63) is 0 Å². The van der Waals surface area contributed by atoms with Gasteiger partial charge in [0.2, 0.25) is 0 Å². The van der Waals surface area contributed by atoms with Crippen LogP contribution in [0.3, 0.4) is 0 Å². The Morgan fingerprint density at radius 3 is 3.00 bits per heavy atom. The van der Waals surface area contributed by atoms with Gasteiger partial charge in [0.1, 0.15) is 0 Å². The molecule has 0 atom stereocenters. The highest BCUT2D eigenvalue weighted by Gasteiger charge is 1.70. The standard InChI is InChI=1S/C3H7IN2S/c4-3-6-5-1-2-7/h3,5,7H,1-2H2/b6-3-. The lowest BCUT2D eigenvalue weighted by Gasteiger charge is -1.89. The lowest BCUT2D eigenvalue weighted by atomic mass is 10.8. The lowest BCUT2D eigenvalue weighted by molar-refractivity contribution is 0.798. The van der Waals surface area contributed by atoms with Gasteiger partial charge >= 0.3 is 0 Å². The molecule has 0 aliphatic carbocycles. The van der Waals surface area contributed by atoms with Gasteiger partial charge < -0.3 is 5.43 Å². The topological polar surface area (TPSA) is 24.4 Å². The molecule has 0 radical (unpaired) electrons. The molecular formula is C3H7IN2S. The number of nitrogens with one attached hydrogen (secondary N) is 1. The van der Waals surface area contributed by atoms with Crippen LogP contribution in [-0.2, 0) is 0 Å². The number of nitrogens with zero attached hydrogens (tertiary/aromatic N) is 1. The van der Waals surface area contributed by atoms with Crippen LogP contribution in [0, 0.1) is 0 Å². The quantitative estimate of drug-likeness (QED) is 0.243. The summed E-state index contributed by atoms with van der Waals surface area (Å²) in [4.78, 5) is 0. The molecule has 1 N–H and O–H groups in total. The van der Waals surface area contributed by atoms with Crippen molar-refractivity contribution in [2.24, 2.45) is 5.10 Å². The first kappa shape index (κ1) is 7.55. The molecule has 2 nitrogen and oxygen atoms in total. The van der Waals surface area contributed by atoms with E-state index in [1.165, 1.54) is 0 Å². The minimum Gasteiger partial charge on any atom is -0.309 e. The summed E-state index contributed by atoms with van der Waals surface area (Å²) in [5.41, 5.74) is 2.77. The summed E-state index contributed by atoms with van der Waals surface area (Å²) in [6.45, 7) is 0.836. The average Bonchev–Trinajstić information content (AvgIpc) is 1.69. The second kappa shape index (κ2) is 6.55. The van der Waals surface area contributed by atoms with E-state index in [0.29, 0.717) is 0 Å². The van der Waals surface area contributed by atoms with Crippen LogP contribution in [0.1, 0.15) is 0 Å². The number of rotatable bonds is 3. The van der Waals surface area contributed by atoms with Crippen molar-refractivity contribution in [1.82, 2.24) is 5.43 Å². The normalized spacial score (nSPS) is 10.0. The van der Waals surface area contributed by atoms with Gasteiger partial charge in [0.05, 0.1) is 4.22 Å². The van der Waals surface area contributed by atoms with E-state index in [0.717, 1.165) is 12.3 Å². The van der Waals surface area contributed by atoms with Gasteiger partial charge in [-0.3, -0.25) is 0 Å². The van der Waals surface area contributed by atoms with E-state index in [1.807, 2.05) is 22.6 Å². The molecule has 0 aromatic carbocycles. The van der Waals surface area contributed by atoms with Gasteiger partial charge in [-0.25, -0.2) is 0 Å². The van der Waals surface area contributed by atoms with Crippen LogP contribution in [-0.4, -0.2) is 16.5 Å². The highest BCUT2D eigenvalue weighted by molar-refractivity contribution is 14.1. The van der Waals surface area contributed by atoms with E-state index in [2.05, 4.69) is 23.2 Å². The van der Waals surface area contributed by atoms with E-state index in [-0.39, 0.29) is 0 Å². The molecule has 42 valence electrons. The molecule has 0 aromatic heterocycles. The third-order valence-electron chi connectivity index (χ3n) is 0.364. The van der Waals surface area contributed by atoms with Crippen LogP contribution in [0.25, 0.3) is 0 Å². The van der Waals surface area contributed by atoms with E-state index < -0.39 is 0 Å².